The van der Waals surface area contributed by atoms with Crippen molar-refractivity contribution in [3.05, 3.63) is 45.3 Å². The molecular weight excluding hydrogens is 241 g/mol. The van der Waals surface area contributed by atoms with Crippen LogP contribution in [0.2, 0.25) is 0 Å². The Bertz CT molecular complexity index is 511. The zero-order valence-corrected chi connectivity index (χ0v) is 9.97. The fourth-order valence-corrected chi connectivity index (χ4v) is 1.28. The van der Waals surface area contributed by atoms with Gasteiger partial charge in [0, 0.05) is 17.2 Å². The Morgan fingerprint density at radius 2 is 2.22 bits per heavy atom. The van der Waals surface area contributed by atoms with Crippen molar-refractivity contribution in [3.63, 3.8) is 0 Å². The number of hydrogen-bond acceptors (Lipinski definition) is 4. The maximum atomic E-state index is 13.5. The first-order valence-electron chi connectivity index (χ1n) is 5.25. The third kappa shape index (κ3) is 3.38. The number of ether oxygens (including phenoxy) is 1. The van der Waals surface area contributed by atoms with Gasteiger partial charge in [-0.2, -0.15) is 0 Å². The van der Waals surface area contributed by atoms with Crippen molar-refractivity contribution in [1.29, 1.82) is 0 Å². The molecular formula is C12H12FNO4. The van der Waals surface area contributed by atoms with Crippen LogP contribution in [0, 0.1) is 15.9 Å². The van der Waals surface area contributed by atoms with Gasteiger partial charge in [-0.15, -0.1) is 0 Å². The zero-order valence-electron chi connectivity index (χ0n) is 9.97. The van der Waals surface area contributed by atoms with Crippen molar-refractivity contribution < 1.29 is 18.8 Å². The van der Waals surface area contributed by atoms with E-state index in [1.165, 1.54) is 25.1 Å². The monoisotopic (exact) mass is 253 g/mol. The van der Waals surface area contributed by atoms with Crippen molar-refractivity contribution in [2.75, 3.05) is 6.61 Å². The lowest BCUT2D eigenvalue weighted by molar-refractivity contribution is -0.385. The molecule has 5 nitrogen and oxygen atoms in total. The molecule has 0 spiro atoms. The lowest BCUT2D eigenvalue weighted by Gasteiger charge is -2.02. The fraction of sp³-hybridized carbons (Fsp3) is 0.250. The van der Waals surface area contributed by atoms with Gasteiger partial charge in [0.15, 0.2) is 0 Å². The summed E-state index contributed by atoms with van der Waals surface area (Å²) in [5, 5.41) is 10.4. The SMILES string of the molecule is CCOC(=O)C(C)=Cc1ccc([N+](=O)[O-])cc1F. The van der Waals surface area contributed by atoms with Gasteiger partial charge < -0.3 is 4.74 Å². The number of halogens is 1. The van der Waals surface area contributed by atoms with E-state index in [0.717, 1.165) is 6.07 Å². The maximum absolute atomic E-state index is 13.5. The number of non-ortho nitro benzene ring substituents is 1. The molecule has 0 bridgehead atoms. The van der Waals surface area contributed by atoms with Gasteiger partial charge in [-0.3, -0.25) is 10.1 Å². The number of rotatable bonds is 4. The number of benzene rings is 1. The van der Waals surface area contributed by atoms with Gasteiger partial charge in [0.25, 0.3) is 5.69 Å². The van der Waals surface area contributed by atoms with E-state index < -0.39 is 16.7 Å². The molecule has 0 N–H and O–H groups in total. The molecule has 6 heteroatoms. The average Bonchev–Trinajstić information content (AvgIpc) is 2.31. The largest absolute Gasteiger partial charge is 0.463 e. The van der Waals surface area contributed by atoms with Gasteiger partial charge >= 0.3 is 5.97 Å². The molecule has 1 rings (SSSR count). The molecule has 0 aliphatic heterocycles. The minimum atomic E-state index is -0.757. The molecule has 0 heterocycles. The molecule has 0 radical (unpaired) electrons. The molecule has 0 saturated heterocycles. The Hall–Kier alpha value is -2.24. The summed E-state index contributed by atoms with van der Waals surface area (Å²) < 4.78 is 18.3. The lowest BCUT2D eigenvalue weighted by Crippen LogP contribution is -2.05. The normalized spacial score (nSPS) is 11.2. The molecule has 0 aromatic heterocycles. The van der Waals surface area contributed by atoms with Crippen molar-refractivity contribution in [3.8, 4) is 0 Å². The van der Waals surface area contributed by atoms with Crippen LogP contribution in [0.5, 0.6) is 0 Å². The molecule has 0 fully saturated rings. The highest BCUT2D eigenvalue weighted by molar-refractivity contribution is 5.93. The molecule has 96 valence electrons. The van der Waals surface area contributed by atoms with Crippen molar-refractivity contribution in [2.24, 2.45) is 0 Å². The highest BCUT2D eigenvalue weighted by Gasteiger charge is 2.11. The van der Waals surface area contributed by atoms with Crippen LogP contribution in [0.25, 0.3) is 6.08 Å². The molecule has 1 aromatic carbocycles. The van der Waals surface area contributed by atoms with Gasteiger partial charge in [0.2, 0.25) is 0 Å². The summed E-state index contributed by atoms with van der Waals surface area (Å²) in [6.07, 6.45) is 1.29. The summed E-state index contributed by atoms with van der Waals surface area (Å²) in [4.78, 5) is 21.1. The van der Waals surface area contributed by atoms with Gasteiger partial charge in [0.05, 0.1) is 17.6 Å². The minimum Gasteiger partial charge on any atom is -0.463 e. The van der Waals surface area contributed by atoms with Crippen molar-refractivity contribution >= 4 is 17.7 Å². The molecule has 0 atom stereocenters. The first kappa shape index (κ1) is 13.8. The van der Waals surface area contributed by atoms with Gasteiger partial charge in [0.1, 0.15) is 5.82 Å². The highest BCUT2D eigenvalue weighted by atomic mass is 19.1. The number of nitro benzene ring substituents is 1. The molecule has 0 amide bonds. The Kier molecular flexibility index (Phi) is 4.53. The lowest BCUT2D eigenvalue weighted by atomic mass is 10.1. The molecule has 0 unspecified atom stereocenters. The summed E-state index contributed by atoms with van der Waals surface area (Å²) in [5.74, 6) is -1.30. The zero-order chi connectivity index (χ0) is 13.7. The second-order valence-corrected chi connectivity index (χ2v) is 3.51. The van der Waals surface area contributed by atoms with E-state index in [0.29, 0.717) is 0 Å². The summed E-state index contributed by atoms with van der Waals surface area (Å²) >= 11 is 0. The molecule has 1 aromatic rings. The van der Waals surface area contributed by atoms with Crippen molar-refractivity contribution in [2.45, 2.75) is 13.8 Å². The van der Waals surface area contributed by atoms with E-state index in [4.69, 9.17) is 4.74 Å². The smallest absolute Gasteiger partial charge is 0.333 e. The Morgan fingerprint density at radius 1 is 1.56 bits per heavy atom. The molecule has 0 aliphatic rings. The van der Waals surface area contributed by atoms with Crippen LogP contribution in [0.3, 0.4) is 0 Å². The number of carbonyl (C=O) groups is 1. The van der Waals surface area contributed by atoms with Crippen LogP contribution < -0.4 is 0 Å². The van der Waals surface area contributed by atoms with Crippen LogP contribution >= 0.6 is 0 Å². The summed E-state index contributed by atoms with van der Waals surface area (Å²) in [5.41, 5.74) is -0.00538. The number of carbonyl (C=O) groups excluding carboxylic acids is 1. The van der Waals surface area contributed by atoms with Crippen LogP contribution in [0.15, 0.2) is 23.8 Å². The quantitative estimate of drug-likeness (QED) is 0.358. The predicted octanol–water partition coefficient (Wildman–Crippen LogP) is 2.70. The van der Waals surface area contributed by atoms with Crippen LogP contribution in [0.1, 0.15) is 19.4 Å². The first-order chi connectivity index (χ1) is 8.45. The second-order valence-electron chi connectivity index (χ2n) is 3.51. The average molecular weight is 253 g/mol. The Morgan fingerprint density at radius 3 is 2.72 bits per heavy atom. The van der Waals surface area contributed by atoms with Crippen LogP contribution in [-0.2, 0) is 9.53 Å². The summed E-state index contributed by atoms with van der Waals surface area (Å²) in [6, 6.07) is 3.23. The maximum Gasteiger partial charge on any atom is 0.333 e. The van der Waals surface area contributed by atoms with Gasteiger partial charge in [-0.05, 0) is 26.0 Å². The van der Waals surface area contributed by atoms with E-state index in [2.05, 4.69) is 0 Å². The van der Waals surface area contributed by atoms with Gasteiger partial charge in [-0.1, -0.05) is 0 Å². The Balaban J connectivity index is 3.01. The van der Waals surface area contributed by atoms with Gasteiger partial charge in [-0.25, -0.2) is 9.18 Å². The number of esters is 1. The number of hydrogen-bond donors (Lipinski definition) is 0. The van der Waals surface area contributed by atoms with E-state index in [1.54, 1.807) is 6.92 Å². The topological polar surface area (TPSA) is 69.4 Å². The summed E-state index contributed by atoms with van der Waals surface area (Å²) in [7, 11) is 0. The van der Waals surface area contributed by atoms with E-state index in [-0.39, 0.29) is 23.4 Å². The minimum absolute atomic E-state index is 0.103. The molecule has 0 saturated carbocycles. The van der Waals surface area contributed by atoms with Crippen molar-refractivity contribution in [1.82, 2.24) is 0 Å². The predicted molar refractivity (Wildman–Crippen MR) is 63.3 cm³/mol. The second kappa shape index (κ2) is 5.90. The number of nitrogens with zero attached hydrogens (tertiary/aromatic N) is 1. The van der Waals surface area contributed by atoms with Crippen LogP contribution in [-0.4, -0.2) is 17.5 Å². The number of nitro groups is 1. The highest BCUT2D eigenvalue weighted by Crippen LogP contribution is 2.19. The molecule has 0 aliphatic carbocycles. The molecule has 18 heavy (non-hydrogen) atoms. The third-order valence-electron chi connectivity index (χ3n) is 2.16. The third-order valence-corrected chi connectivity index (χ3v) is 2.16. The fourth-order valence-electron chi connectivity index (χ4n) is 1.28. The Labute approximate surface area is 103 Å². The van der Waals surface area contributed by atoms with E-state index >= 15 is 0 Å². The van der Waals surface area contributed by atoms with E-state index in [9.17, 15) is 19.3 Å². The first-order valence-corrected chi connectivity index (χ1v) is 5.25. The summed E-state index contributed by atoms with van der Waals surface area (Å²) in [6.45, 7) is 3.38. The van der Waals surface area contributed by atoms with E-state index in [1.807, 2.05) is 0 Å². The van der Waals surface area contributed by atoms with Crippen LogP contribution in [0.4, 0.5) is 10.1 Å². The standard InChI is InChI=1S/C12H12FNO4/c1-3-18-12(15)8(2)6-9-4-5-10(14(16)17)7-11(9)13/h4-7H,3H2,1-2H3.